The van der Waals surface area contributed by atoms with Crippen LogP contribution in [0.25, 0.3) is 0 Å². The molecule has 0 bridgehead atoms. The van der Waals surface area contributed by atoms with Crippen molar-refractivity contribution in [1.82, 2.24) is 0 Å². The molecule has 0 unspecified atom stereocenters. The lowest BCUT2D eigenvalue weighted by molar-refractivity contribution is 0.566. The van der Waals surface area contributed by atoms with Crippen molar-refractivity contribution in [3.05, 3.63) is 59.7 Å². The van der Waals surface area contributed by atoms with Gasteiger partial charge in [-0.3, -0.25) is 0 Å². The van der Waals surface area contributed by atoms with Gasteiger partial charge in [0.1, 0.15) is 8.07 Å². The second kappa shape index (κ2) is 4.84. The molecule has 1 spiro atoms. The normalized spacial score (nSPS) is 19.8. The molecule has 0 amide bonds. The number of fused-ring (bicyclic) bond motifs is 4. The van der Waals surface area contributed by atoms with E-state index in [9.17, 15) is 0 Å². The van der Waals surface area contributed by atoms with Crippen LogP contribution in [0.2, 0.25) is 12.1 Å². The third-order valence-corrected chi connectivity index (χ3v) is 11.1. The van der Waals surface area contributed by atoms with Gasteiger partial charge in [-0.15, -0.1) is 0 Å². The van der Waals surface area contributed by atoms with E-state index in [2.05, 4.69) is 62.4 Å². The Morgan fingerprint density at radius 3 is 1.76 bits per heavy atom. The Balaban J connectivity index is 2.04. The summed E-state index contributed by atoms with van der Waals surface area (Å²) in [7, 11) is -1.45. The highest BCUT2D eigenvalue weighted by molar-refractivity contribution is 7.03. The molecule has 2 aliphatic heterocycles. The summed E-state index contributed by atoms with van der Waals surface area (Å²) < 4.78 is 0. The van der Waals surface area contributed by atoms with Crippen LogP contribution in [0.5, 0.6) is 0 Å². The predicted octanol–water partition coefficient (Wildman–Crippen LogP) is 4.14. The zero-order valence-corrected chi connectivity index (χ0v) is 14.1. The molecule has 21 heavy (non-hydrogen) atoms. The lowest BCUT2D eigenvalue weighted by atomic mass is 9.82. The molecule has 0 atom stereocenters. The van der Waals surface area contributed by atoms with Gasteiger partial charge in [0, 0.05) is 5.92 Å². The van der Waals surface area contributed by atoms with Crippen LogP contribution in [-0.2, 0) is 0 Å². The van der Waals surface area contributed by atoms with E-state index in [4.69, 9.17) is 0 Å². The van der Waals surface area contributed by atoms with Gasteiger partial charge in [0.05, 0.1) is 0 Å². The van der Waals surface area contributed by atoms with Crippen molar-refractivity contribution in [3.63, 3.8) is 0 Å². The Bertz CT molecular complexity index is 616. The Morgan fingerprint density at radius 1 is 0.810 bits per heavy atom. The topological polar surface area (TPSA) is 0 Å². The zero-order valence-electron chi connectivity index (χ0n) is 13.1. The smallest absolute Gasteiger partial charge is 0.0623 e. The molecule has 1 fully saturated rings. The van der Waals surface area contributed by atoms with Gasteiger partial charge in [-0.2, -0.15) is 0 Å². The highest BCUT2D eigenvalue weighted by atomic mass is 28.3. The second-order valence-electron chi connectivity index (χ2n) is 7.19. The first-order valence-corrected chi connectivity index (χ1v) is 10.8. The zero-order chi connectivity index (χ0) is 14.4. The van der Waals surface area contributed by atoms with E-state index >= 15 is 0 Å². The third kappa shape index (κ3) is 1.80. The predicted molar refractivity (Wildman–Crippen MR) is 93.4 cm³/mol. The SMILES string of the molecule is CC(C)C1c2ccccc2[Si]2(CCCC2)c2ccccc21. The molecule has 2 heterocycles. The van der Waals surface area contributed by atoms with Gasteiger partial charge in [0.25, 0.3) is 0 Å². The van der Waals surface area contributed by atoms with E-state index < -0.39 is 8.07 Å². The largest absolute Gasteiger partial charge is 0.118 e. The van der Waals surface area contributed by atoms with Crippen molar-refractivity contribution >= 4 is 18.4 Å². The summed E-state index contributed by atoms with van der Waals surface area (Å²) in [5.41, 5.74) is 3.31. The van der Waals surface area contributed by atoms with Crippen LogP contribution in [0, 0.1) is 5.92 Å². The molecule has 1 saturated heterocycles. The van der Waals surface area contributed by atoms with Gasteiger partial charge in [-0.05, 0) is 29.1 Å². The average molecular weight is 292 g/mol. The van der Waals surface area contributed by atoms with Crippen LogP contribution in [0.4, 0.5) is 0 Å². The maximum Gasteiger partial charge on any atom is 0.118 e. The van der Waals surface area contributed by atoms with Gasteiger partial charge in [0.15, 0.2) is 0 Å². The summed E-state index contributed by atoms with van der Waals surface area (Å²) in [6, 6.07) is 21.8. The molecule has 4 rings (SSSR count). The molecule has 108 valence electrons. The molecule has 0 nitrogen and oxygen atoms in total. The monoisotopic (exact) mass is 292 g/mol. The minimum absolute atomic E-state index is 0.594. The van der Waals surface area contributed by atoms with Gasteiger partial charge in [-0.1, -0.05) is 85.6 Å². The molecule has 0 radical (unpaired) electrons. The Morgan fingerprint density at radius 2 is 1.29 bits per heavy atom. The van der Waals surface area contributed by atoms with Crippen molar-refractivity contribution in [2.24, 2.45) is 5.92 Å². The van der Waals surface area contributed by atoms with Gasteiger partial charge in [0.2, 0.25) is 0 Å². The maximum atomic E-state index is 2.47. The van der Waals surface area contributed by atoms with E-state index in [1.165, 1.54) is 24.9 Å². The molecule has 2 aromatic rings. The van der Waals surface area contributed by atoms with Crippen LogP contribution < -0.4 is 10.4 Å². The first-order valence-electron chi connectivity index (χ1n) is 8.43. The van der Waals surface area contributed by atoms with E-state index in [1.807, 2.05) is 0 Å². The minimum atomic E-state index is -1.45. The van der Waals surface area contributed by atoms with Crippen LogP contribution in [0.1, 0.15) is 43.7 Å². The fourth-order valence-electron chi connectivity index (χ4n) is 4.96. The summed E-state index contributed by atoms with van der Waals surface area (Å²) in [6.45, 7) is 4.76. The summed E-state index contributed by atoms with van der Waals surface area (Å²) in [4.78, 5) is 0. The average Bonchev–Trinajstić information content (AvgIpc) is 2.98. The Kier molecular flexibility index (Phi) is 3.07. The first-order chi connectivity index (χ1) is 10.2. The number of hydrogen-bond acceptors (Lipinski definition) is 0. The molecule has 0 aliphatic carbocycles. The molecule has 1 heteroatoms. The summed E-state index contributed by atoms with van der Waals surface area (Å²) in [6.07, 6.45) is 2.86. The second-order valence-corrected chi connectivity index (χ2v) is 11.4. The molecule has 2 aromatic carbocycles. The summed E-state index contributed by atoms with van der Waals surface area (Å²) in [5, 5.41) is 3.53. The lowest BCUT2D eigenvalue weighted by Gasteiger charge is -2.41. The highest BCUT2D eigenvalue weighted by Gasteiger charge is 2.47. The fraction of sp³-hybridized carbons (Fsp3) is 0.400. The molecular formula is C20H24Si. The number of hydrogen-bond donors (Lipinski definition) is 0. The van der Waals surface area contributed by atoms with Crippen molar-refractivity contribution in [2.75, 3.05) is 0 Å². The van der Waals surface area contributed by atoms with Crippen molar-refractivity contribution in [3.8, 4) is 0 Å². The van der Waals surface area contributed by atoms with Crippen LogP contribution in [-0.4, -0.2) is 8.07 Å². The molecule has 0 aromatic heterocycles. The first kappa shape index (κ1) is 13.3. The highest BCUT2D eigenvalue weighted by Crippen LogP contribution is 2.41. The third-order valence-electron chi connectivity index (χ3n) is 5.75. The molecular weight excluding hydrogens is 268 g/mol. The number of rotatable bonds is 1. The quantitative estimate of drug-likeness (QED) is 0.693. The Labute approximate surface area is 129 Å². The van der Waals surface area contributed by atoms with E-state index in [-0.39, 0.29) is 0 Å². The van der Waals surface area contributed by atoms with Gasteiger partial charge in [-0.25, -0.2) is 0 Å². The minimum Gasteiger partial charge on any atom is -0.0623 e. The van der Waals surface area contributed by atoms with Crippen LogP contribution in [0.15, 0.2) is 48.5 Å². The Hall–Kier alpha value is -1.34. The van der Waals surface area contributed by atoms with Crippen molar-refractivity contribution in [1.29, 1.82) is 0 Å². The van der Waals surface area contributed by atoms with E-state index in [1.54, 1.807) is 21.5 Å². The van der Waals surface area contributed by atoms with Gasteiger partial charge < -0.3 is 0 Å². The van der Waals surface area contributed by atoms with Gasteiger partial charge >= 0.3 is 0 Å². The van der Waals surface area contributed by atoms with Crippen molar-refractivity contribution < 1.29 is 0 Å². The van der Waals surface area contributed by atoms with E-state index in [0.29, 0.717) is 11.8 Å². The lowest BCUT2D eigenvalue weighted by Crippen LogP contribution is -2.61. The molecule has 0 N–H and O–H groups in total. The fourth-order valence-corrected chi connectivity index (χ4v) is 10.7. The summed E-state index contributed by atoms with van der Waals surface area (Å²) >= 11 is 0. The maximum absolute atomic E-state index is 2.47. The van der Waals surface area contributed by atoms with Crippen molar-refractivity contribution in [2.45, 2.75) is 44.7 Å². The van der Waals surface area contributed by atoms with Crippen LogP contribution >= 0.6 is 0 Å². The number of benzene rings is 2. The standard InChI is InChI=1S/C20H24Si/c1-15(2)20-16-9-3-5-11-18(16)21(13-7-8-14-21)19-12-6-4-10-17(19)20/h3-6,9-12,15,20H,7-8,13-14H2,1-2H3. The molecule has 2 aliphatic rings. The van der Waals surface area contributed by atoms with Crippen LogP contribution in [0.3, 0.4) is 0 Å². The molecule has 0 saturated carbocycles. The van der Waals surface area contributed by atoms with E-state index in [0.717, 1.165) is 0 Å². The summed E-state index contributed by atoms with van der Waals surface area (Å²) in [5.74, 6) is 1.26.